The summed E-state index contributed by atoms with van der Waals surface area (Å²) < 4.78 is 29.0. The first kappa shape index (κ1) is 14.8. The maximum absolute atomic E-state index is 12.8. The maximum atomic E-state index is 12.8. The van der Waals surface area contributed by atoms with Crippen molar-refractivity contribution >= 4 is 10.2 Å². The van der Waals surface area contributed by atoms with E-state index >= 15 is 0 Å². The molecule has 0 bridgehead atoms. The van der Waals surface area contributed by atoms with Crippen LogP contribution >= 0.6 is 0 Å². The molecular weight excluding hydrogens is 274 g/mol. The molecule has 2 aliphatic heterocycles. The van der Waals surface area contributed by atoms with Crippen molar-refractivity contribution in [3.8, 4) is 0 Å². The molecule has 2 saturated heterocycles. The number of hydrogen-bond donors (Lipinski definition) is 0. The highest BCUT2D eigenvalue weighted by Gasteiger charge is 2.39. The summed E-state index contributed by atoms with van der Waals surface area (Å²) in [5.74, 6) is 0. The fraction of sp³-hybridized carbons (Fsp3) is 1.00. The molecule has 0 N–H and O–H groups in total. The van der Waals surface area contributed by atoms with E-state index in [1.807, 2.05) is 0 Å². The van der Waals surface area contributed by atoms with Crippen molar-refractivity contribution < 1.29 is 8.42 Å². The lowest BCUT2D eigenvalue weighted by Crippen LogP contribution is -2.56. The minimum absolute atomic E-state index is 0.218. The molecule has 0 radical (unpaired) electrons. The van der Waals surface area contributed by atoms with E-state index < -0.39 is 10.2 Å². The summed E-state index contributed by atoms with van der Waals surface area (Å²) >= 11 is 0. The van der Waals surface area contributed by atoms with Gasteiger partial charge in [-0.3, -0.25) is 4.90 Å². The third-order valence-corrected chi connectivity index (χ3v) is 7.34. The molecule has 1 unspecified atom stereocenters. The normalized spacial score (nSPS) is 30.8. The molecule has 6 heteroatoms. The number of piperazine rings is 1. The van der Waals surface area contributed by atoms with E-state index in [-0.39, 0.29) is 6.04 Å². The molecule has 0 aromatic carbocycles. The minimum Gasteiger partial charge on any atom is -0.298 e. The summed E-state index contributed by atoms with van der Waals surface area (Å²) in [4.78, 5) is 2.45. The summed E-state index contributed by atoms with van der Waals surface area (Å²) in [7, 11) is -1.48. The Labute approximate surface area is 123 Å². The minimum atomic E-state index is -3.26. The molecule has 0 spiro atoms. The zero-order valence-corrected chi connectivity index (χ0v) is 13.3. The highest BCUT2D eigenvalue weighted by molar-refractivity contribution is 7.86. The predicted molar refractivity (Wildman–Crippen MR) is 79.7 cm³/mol. The fourth-order valence-electron chi connectivity index (χ4n) is 3.99. The first-order chi connectivity index (χ1) is 9.59. The van der Waals surface area contributed by atoms with Gasteiger partial charge in [0, 0.05) is 38.8 Å². The number of hydrogen-bond acceptors (Lipinski definition) is 3. The molecular formula is C14H27N3O2S. The van der Waals surface area contributed by atoms with Gasteiger partial charge in [0.2, 0.25) is 0 Å². The molecule has 3 rings (SSSR count). The standard InChI is InChI=1S/C14H27N3O2S/c1-15(13-6-3-2-4-7-13)20(18,19)17-11-10-16-9-5-8-14(16)12-17/h13-14H,2-12H2,1H3. The molecule has 1 aliphatic carbocycles. The van der Waals surface area contributed by atoms with Crippen LogP contribution in [0.1, 0.15) is 44.9 Å². The summed E-state index contributed by atoms with van der Waals surface area (Å²) in [5, 5.41) is 0. The van der Waals surface area contributed by atoms with E-state index in [1.165, 1.54) is 25.7 Å². The molecule has 1 atom stereocenters. The summed E-state index contributed by atoms with van der Waals surface area (Å²) in [6.07, 6.45) is 8.02. The monoisotopic (exact) mass is 301 g/mol. The Morgan fingerprint density at radius 3 is 2.45 bits per heavy atom. The van der Waals surface area contributed by atoms with Crippen molar-refractivity contribution in [2.75, 3.05) is 33.2 Å². The van der Waals surface area contributed by atoms with Crippen molar-refractivity contribution in [1.82, 2.24) is 13.5 Å². The summed E-state index contributed by atoms with van der Waals surface area (Å²) in [6, 6.07) is 0.675. The molecule has 3 fully saturated rings. The lowest BCUT2D eigenvalue weighted by molar-refractivity contribution is 0.149. The Balaban J connectivity index is 1.67. The molecule has 5 nitrogen and oxygen atoms in total. The van der Waals surface area contributed by atoms with Gasteiger partial charge < -0.3 is 0 Å². The molecule has 1 saturated carbocycles. The van der Waals surface area contributed by atoms with Gasteiger partial charge in [-0.2, -0.15) is 17.0 Å². The fourth-order valence-corrected chi connectivity index (χ4v) is 5.61. The molecule has 2 heterocycles. The van der Waals surface area contributed by atoms with Crippen LogP contribution in [0, 0.1) is 0 Å². The van der Waals surface area contributed by atoms with E-state index in [2.05, 4.69) is 4.90 Å². The van der Waals surface area contributed by atoms with Crippen LogP contribution in [0.25, 0.3) is 0 Å². The molecule has 116 valence electrons. The molecule has 0 amide bonds. The smallest absolute Gasteiger partial charge is 0.282 e. The largest absolute Gasteiger partial charge is 0.298 e. The van der Waals surface area contributed by atoms with E-state index in [0.717, 1.165) is 32.4 Å². The number of fused-ring (bicyclic) bond motifs is 1. The van der Waals surface area contributed by atoms with Gasteiger partial charge in [0.25, 0.3) is 10.2 Å². The lowest BCUT2D eigenvalue weighted by atomic mass is 9.96. The van der Waals surface area contributed by atoms with Gasteiger partial charge in [-0.15, -0.1) is 0 Å². The lowest BCUT2D eigenvalue weighted by Gasteiger charge is -2.40. The highest BCUT2D eigenvalue weighted by atomic mass is 32.2. The molecule has 20 heavy (non-hydrogen) atoms. The van der Waals surface area contributed by atoms with E-state index in [4.69, 9.17) is 0 Å². The summed E-state index contributed by atoms with van der Waals surface area (Å²) in [6.45, 7) is 3.41. The Kier molecular flexibility index (Phi) is 4.36. The van der Waals surface area contributed by atoms with Crippen molar-refractivity contribution in [2.45, 2.75) is 57.0 Å². The van der Waals surface area contributed by atoms with Crippen LogP contribution in [-0.2, 0) is 10.2 Å². The second-order valence-electron chi connectivity index (χ2n) is 6.51. The van der Waals surface area contributed by atoms with Crippen LogP contribution in [0.15, 0.2) is 0 Å². The van der Waals surface area contributed by atoms with Gasteiger partial charge in [-0.25, -0.2) is 0 Å². The Morgan fingerprint density at radius 2 is 1.70 bits per heavy atom. The van der Waals surface area contributed by atoms with Crippen molar-refractivity contribution in [3.05, 3.63) is 0 Å². The Bertz CT molecular complexity index is 434. The predicted octanol–water partition coefficient (Wildman–Crippen LogP) is 1.28. The van der Waals surface area contributed by atoms with Gasteiger partial charge in [-0.05, 0) is 32.2 Å². The molecule has 0 aromatic rings. The molecule has 3 aliphatic rings. The number of rotatable bonds is 3. The zero-order valence-electron chi connectivity index (χ0n) is 12.5. The van der Waals surface area contributed by atoms with Gasteiger partial charge in [0.1, 0.15) is 0 Å². The van der Waals surface area contributed by atoms with Crippen LogP contribution in [0.3, 0.4) is 0 Å². The first-order valence-electron chi connectivity index (χ1n) is 8.06. The van der Waals surface area contributed by atoms with Crippen LogP contribution in [0.5, 0.6) is 0 Å². The third-order valence-electron chi connectivity index (χ3n) is 5.33. The summed E-state index contributed by atoms with van der Waals surface area (Å²) in [5.41, 5.74) is 0. The maximum Gasteiger partial charge on any atom is 0.282 e. The van der Waals surface area contributed by atoms with E-state index in [9.17, 15) is 8.42 Å². The van der Waals surface area contributed by atoms with Gasteiger partial charge >= 0.3 is 0 Å². The van der Waals surface area contributed by atoms with E-state index in [0.29, 0.717) is 19.1 Å². The quantitative estimate of drug-likeness (QED) is 0.788. The second-order valence-corrected chi connectivity index (χ2v) is 8.49. The highest BCUT2D eigenvalue weighted by Crippen LogP contribution is 2.27. The van der Waals surface area contributed by atoms with Crippen LogP contribution < -0.4 is 0 Å². The zero-order chi connectivity index (χ0) is 14.2. The van der Waals surface area contributed by atoms with Crippen LogP contribution in [0.4, 0.5) is 0 Å². The van der Waals surface area contributed by atoms with Crippen molar-refractivity contribution in [1.29, 1.82) is 0 Å². The average molecular weight is 301 g/mol. The first-order valence-corrected chi connectivity index (χ1v) is 9.46. The van der Waals surface area contributed by atoms with Crippen LogP contribution in [-0.4, -0.2) is 67.2 Å². The van der Waals surface area contributed by atoms with Crippen molar-refractivity contribution in [3.63, 3.8) is 0 Å². The van der Waals surface area contributed by atoms with Gasteiger partial charge in [0.15, 0.2) is 0 Å². The number of nitrogens with zero attached hydrogens (tertiary/aromatic N) is 3. The average Bonchev–Trinajstić information content (AvgIpc) is 2.94. The second kappa shape index (κ2) is 5.91. The third kappa shape index (κ3) is 2.75. The topological polar surface area (TPSA) is 43.9 Å². The van der Waals surface area contributed by atoms with E-state index in [1.54, 1.807) is 15.7 Å². The Morgan fingerprint density at radius 1 is 0.950 bits per heavy atom. The SMILES string of the molecule is CN(C1CCCCC1)S(=O)(=O)N1CCN2CCCC2C1. The molecule has 0 aromatic heterocycles. The van der Waals surface area contributed by atoms with Gasteiger partial charge in [0.05, 0.1) is 0 Å². The van der Waals surface area contributed by atoms with Crippen molar-refractivity contribution in [2.24, 2.45) is 0 Å². The van der Waals surface area contributed by atoms with Gasteiger partial charge in [-0.1, -0.05) is 19.3 Å². The Hall–Kier alpha value is -0.170. The van der Waals surface area contributed by atoms with Crippen LogP contribution in [0.2, 0.25) is 0 Å².